The van der Waals surface area contributed by atoms with Gasteiger partial charge in [-0.25, -0.2) is 0 Å². The van der Waals surface area contributed by atoms with Crippen molar-refractivity contribution in [3.05, 3.63) is 51.8 Å². The Bertz CT molecular complexity index is 555. The van der Waals surface area contributed by atoms with Crippen molar-refractivity contribution in [2.45, 2.75) is 26.3 Å². The van der Waals surface area contributed by atoms with E-state index in [0.29, 0.717) is 0 Å². The molecule has 102 valence electrons. The van der Waals surface area contributed by atoms with Crippen LogP contribution in [0.25, 0.3) is 0 Å². The highest BCUT2D eigenvalue weighted by molar-refractivity contribution is 6.30. The third-order valence-corrected chi connectivity index (χ3v) is 3.55. The van der Waals surface area contributed by atoms with Gasteiger partial charge in [0.25, 0.3) is 0 Å². The highest BCUT2D eigenvalue weighted by Crippen LogP contribution is 2.23. The molecule has 0 saturated heterocycles. The van der Waals surface area contributed by atoms with Crippen LogP contribution < -0.4 is 5.32 Å². The minimum Gasteiger partial charge on any atom is -0.313 e. The quantitative estimate of drug-likeness (QED) is 0.930. The number of hydrogen-bond donors (Lipinski definition) is 1. The van der Waals surface area contributed by atoms with Gasteiger partial charge in [-0.15, -0.1) is 0 Å². The number of likely N-dealkylation sites (N-methyl/N-ethyl adjacent to an activating group) is 1. The zero-order valence-corrected chi connectivity index (χ0v) is 12.6. The van der Waals surface area contributed by atoms with E-state index in [2.05, 4.69) is 29.5 Å². The number of halogens is 1. The smallest absolute Gasteiger partial charge is 0.0596 e. The van der Waals surface area contributed by atoms with Crippen LogP contribution in [0.4, 0.5) is 0 Å². The molecule has 0 aliphatic carbocycles. The van der Waals surface area contributed by atoms with Crippen molar-refractivity contribution < 1.29 is 0 Å². The van der Waals surface area contributed by atoms with E-state index in [0.717, 1.165) is 17.1 Å². The summed E-state index contributed by atoms with van der Waals surface area (Å²) >= 11 is 6.14. The van der Waals surface area contributed by atoms with Crippen LogP contribution in [0.15, 0.2) is 24.3 Å². The predicted octanol–water partition coefficient (Wildman–Crippen LogP) is 3.19. The Kier molecular flexibility index (Phi) is 4.27. The van der Waals surface area contributed by atoms with Crippen LogP contribution >= 0.6 is 11.6 Å². The van der Waals surface area contributed by atoms with E-state index in [1.165, 1.54) is 16.8 Å². The Hall–Kier alpha value is -1.32. The van der Waals surface area contributed by atoms with Crippen molar-refractivity contribution in [1.29, 1.82) is 0 Å². The molecule has 19 heavy (non-hydrogen) atoms. The lowest BCUT2D eigenvalue weighted by molar-refractivity contribution is 0.561. The second kappa shape index (κ2) is 5.76. The van der Waals surface area contributed by atoms with Gasteiger partial charge in [-0.3, -0.25) is 4.68 Å². The summed E-state index contributed by atoms with van der Waals surface area (Å²) in [6.07, 6.45) is 0.896. The highest BCUT2D eigenvalue weighted by Gasteiger charge is 2.14. The molecule has 4 heteroatoms. The Balaban J connectivity index is 2.27. The Morgan fingerprint density at radius 2 is 2.00 bits per heavy atom. The lowest BCUT2D eigenvalue weighted by Gasteiger charge is -2.17. The molecule has 2 rings (SSSR count). The van der Waals surface area contributed by atoms with Crippen molar-refractivity contribution in [3.63, 3.8) is 0 Å². The molecule has 0 amide bonds. The van der Waals surface area contributed by atoms with Gasteiger partial charge in [-0.2, -0.15) is 5.10 Å². The number of aryl methyl sites for hydroxylation is 3. The summed E-state index contributed by atoms with van der Waals surface area (Å²) in [5.41, 5.74) is 4.67. The molecule has 3 nitrogen and oxygen atoms in total. The average Bonchev–Trinajstić information content (AvgIpc) is 2.63. The summed E-state index contributed by atoms with van der Waals surface area (Å²) in [4.78, 5) is 0. The van der Waals surface area contributed by atoms with Crippen molar-refractivity contribution in [2.24, 2.45) is 7.05 Å². The maximum atomic E-state index is 6.14. The average molecular weight is 278 g/mol. The number of nitrogens with one attached hydrogen (secondary N) is 1. The molecule has 0 aliphatic rings. The van der Waals surface area contributed by atoms with Crippen LogP contribution in [-0.4, -0.2) is 16.8 Å². The van der Waals surface area contributed by atoms with Crippen molar-refractivity contribution in [1.82, 2.24) is 15.1 Å². The molecular weight excluding hydrogens is 258 g/mol. The molecule has 0 radical (unpaired) electrons. The first-order chi connectivity index (χ1) is 8.99. The lowest BCUT2D eigenvalue weighted by Crippen LogP contribution is -2.20. The van der Waals surface area contributed by atoms with Crippen molar-refractivity contribution in [2.75, 3.05) is 7.05 Å². The largest absolute Gasteiger partial charge is 0.313 e. The van der Waals surface area contributed by atoms with E-state index in [1.54, 1.807) is 0 Å². The fraction of sp³-hybridized carbons (Fsp3) is 0.400. The monoisotopic (exact) mass is 277 g/mol. The number of nitrogens with zero attached hydrogens (tertiary/aromatic N) is 2. The Labute approximate surface area is 119 Å². The standard InChI is InChI=1S/C15H20ClN3/c1-10-5-12(8-13(16)6-10)15(17-3)9-14-7-11(2)18-19(14)4/h5-8,15,17H,9H2,1-4H3. The van der Waals surface area contributed by atoms with Gasteiger partial charge in [-0.1, -0.05) is 17.7 Å². The van der Waals surface area contributed by atoms with Gasteiger partial charge in [-0.05, 0) is 50.2 Å². The second-order valence-corrected chi connectivity index (χ2v) is 5.44. The summed E-state index contributed by atoms with van der Waals surface area (Å²) in [5, 5.41) is 8.54. The summed E-state index contributed by atoms with van der Waals surface area (Å²) in [5.74, 6) is 0. The molecular formula is C15H20ClN3. The first-order valence-corrected chi connectivity index (χ1v) is 6.81. The number of rotatable bonds is 4. The van der Waals surface area contributed by atoms with Crippen LogP contribution in [0.1, 0.15) is 28.6 Å². The maximum absolute atomic E-state index is 6.14. The van der Waals surface area contributed by atoms with E-state index in [4.69, 9.17) is 11.6 Å². The van der Waals surface area contributed by atoms with Gasteiger partial charge in [0.2, 0.25) is 0 Å². The van der Waals surface area contributed by atoms with Crippen LogP contribution in [0, 0.1) is 13.8 Å². The minimum absolute atomic E-state index is 0.243. The Morgan fingerprint density at radius 1 is 1.26 bits per heavy atom. The molecule has 1 aromatic heterocycles. The summed E-state index contributed by atoms with van der Waals surface area (Å²) in [6, 6.07) is 8.55. The van der Waals surface area contributed by atoms with Gasteiger partial charge in [0, 0.05) is 30.2 Å². The molecule has 0 bridgehead atoms. The van der Waals surface area contributed by atoms with Crippen molar-refractivity contribution >= 4 is 11.6 Å². The van der Waals surface area contributed by atoms with Gasteiger partial charge in [0.05, 0.1) is 5.69 Å². The number of benzene rings is 1. The SMILES string of the molecule is CNC(Cc1cc(C)nn1C)c1cc(C)cc(Cl)c1. The van der Waals surface area contributed by atoms with Gasteiger partial charge in [0.1, 0.15) is 0 Å². The lowest BCUT2D eigenvalue weighted by atomic mass is 10.00. The normalized spacial score (nSPS) is 12.7. The number of hydrogen-bond acceptors (Lipinski definition) is 2. The van der Waals surface area contributed by atoms with Crippen LogP contribution in [0.2, 0.25) is 5.02 Å². The zero-order valence-electron chi connectivity index (χ0n) is 11.9. The topological polar surface area (TPSA) is 29.9 Å². The maximum Gasteiger partial charge on any atom is 0.0596 e. The molecule has 1 N–H and O–H groups in total. The van der Waals surface area contributed by atoms with E-state index < -0.39 is 0 Å². The molecule has 0 fully saturated rings. The minimum atomic E-state index is 0.243. The first-order valence-electron chi connectivity index (χ1n) is 6.43. The van der Waals surface area contributed by atoms with E-state index >= 15 is 0 Å². The molecule has 1 unspecified atom stereocenters. The first kappa shape index (κ1) is 14.1. The van der Waals surface area contributed by atoms with E-state index in [1.807, 2.05) is 37.8 Å². The van der Waals surface area contributed by atoms with E-state index in [9.17, 15) is 0 Å². The summed E-state index contributed by atoms with van der Waals surface area (Å²) in [6.45, 7) is 4.08. The summed E-state index contributed by atoms with van der Waals surface area (Å²) in [7, 11) is 3.96. The van der Waals surface area contributed by atoms with Gasteiger partial charge >= 0.3 is 0 Å². The fourth-order valence-corrected chi connectivity index (χ4v) is 2.71. The molecule has 1 atom stereocenters. The molecule has 1 heterocycles. The number of aromatic nitrogens is 2. The molecule has 1 aromatic carbocycles. The fourth-order valence-electron chi connectivity index (χ4n) is 2.42. The highest BCUT2D eigenvalue weighted by atomic mass is 35.5. The Morgan fingerprint density at radius 3 is 2.53 bits per heavy atom. The molecule has 0 saturated carbocycles. The van der Waals surface area contributed by atoms with Gasteiger partial charge in [0.15, 0.2) is 0 Å². The van der Waals surface area contributed by atoms with Crippen LogP contribution in [0.3, 0.4) is 0 Å². The molecule has 0 aliphatic heterocycles. The van der Waals surface area contributed by atoms with Crippen LogP contribution in [-0.2, 0) is 13.5 Å². The third kappa shape index (κ3) is 3.37. The predicted molar refractivity (Wildman–Crippen MR) is 79.6 cm³/mol. The van der Waals surface area contributed by atoms with Gasteiger partial charge < -0.3 is 5.32 Å². The zero-order chi connectivity index (χ0) is 14.0. The van der Waals surface area contributed by atoms with E-state index in [-0.39, 0.29) is 6.04 Å². The second-order valence-electron chi connectivity index (χ2n) is 5.01. The molecule has 2 aromatic rings. The summed E-state index contributed by atoms with van der Waals surface area (Å²) < 4.78 is 1.94. The van der Waals surface area contributed by atoms with Crippen molar-refractivity contribution in [3.8, 4) is 0 Å². The van der Waals surface area contributed by atoms with Crippen LogP contribution in [0.5, 0.6) is 0 Å². The third-order valence-electron chi connectivity index (χ3n) is 3.33. The molecule has 0 spiro atoms.